The largest absolute Gasteiger partial charge is 0.432 e. The third-order valence-corrected chi connectivity index (χ3v) is 5.11. The molecule has 0 atom stereocenters. The lowest BCUT2D eigenvalue weighted by Crippen LogP contribution is -2.25. The van der Waals surface area contributed by atoms with E-state index in [4.69, 9.17) is 0 Å². The van der Waals surface area contributed by atoms with Crippen molar-refractivity contribution in [3.8, 4) is 16.9 Å². The Balaban J connectivity index is 1.94. The van der Waals surface area contributed by atoms with Crippen LogP contribution >= 0.6 is 0 Å². The molecule has 0 amide bonds. The van der Waals surface area contributed by atoms with Gasteiger partial charge in [-0.3, -0.25) is 0 Å². The second-order valence-corrected chi connectivity index (χ2v) is 7.00. The van der Waals surface area contributed by atoms with E-state index in [1.54, 1.807) is 31.2 Å². The number of aryl methyl sites for hydroxylation is 1. The average molecular weight is 390 g/mol. The van der Waals surface area contributed by atoms with Crippen molar-refractivity contribution >= 4 is 10.2 Å². The fourth-order valence-corrected chi connectivity index (χ4v) is 3.23. The van der Waals surface area contributed by atoms with E-state index in [1.807, 2.05) is 12.1 Å². The molecule has 0 spiro atoms. The van der Waals surface area contributed by atoms with Crippen LogP contribution in [-0.2, 0) is 12.2 Å². The highest BCUT2D eigenvalue weighted by Gasteiger charge is 2.41. The summed E-state index contributed by atoms with van der Waals surface area (Å²) in [5, 5.41) is 0. The van der Waals surface area contributed by atoms with Crippen LogP contribution in [0.25, 0.3) is 11.1 Å². The molecular formula is C21H18F4OSi. The number of benzene rings is 3. The minimum Gasteiger partial charge on any atom is -0.429 e. The summed E-state index contributed by atoms with van der Waals surface area (Å²) < 4.78 is 62.2. The van der Waals surface area contributed by atoms with Gasteiger partial charge < -0.3 is 4.74 Å². The molecule has 140 valence electrons. The maximum atomic E-state index is 14.4. The monoisotopic (exact) mass is 390 g/mol. The second-order valence-electron chi connectivity index (χ2n) is 6.30. The molecule has 0 aliphatic heterocycles. The van der Waals surface area contributed by atoms with E-state index < -0.39 is 23.3 Å². The zero-order valence-corrected chi connectivity index (χ0v) is 16.9. The first kappa shape index (κ1) is 19.2. The van der Waals surface area contributed by atoms with E-state index in [1.165, 1.54) is 12.1 Å². The van der Waals surface area contributed by atoms with Crippen LogP contribution in [0.1, 0.15) is 16.7 Å². The number of halogens is 4. The van der Waals surface area contributed by atoms with Crippen LogP contribution in [-0.4, -0.2) is 10.2 Å². The Morgan fingerprint density at radius 3 is 1.93 bits per heavy atom. The Kier molecular flexibility index (Phi) is 5.37. The van der Waals surface area contributed by atoms with E-state index in [2.05, 4.69) is 4.74 Å². The van der Waals surface area contributed by atoms with Crippen molar-refractivity contribution in [2.45, 2.75) is 19.1 Å². The van der Waals surface area contributed by atoms with Gasteiger partial charge in [0.05, 0.1) is 0 Å². The van der Waals surface area contributed by atoms with Crippen molar-refractivity contribution < 1.29 is 22.3 Å². The van der Waals surface area contributed by atoms with Gasteiger partial charge in [-0.1, -0.05) is 47.5 Å². The van der Waals surface area contributed by atoms with E-state index in [0.717, 1.165) is 39.5 Å². The molecule has 27 heavy (non-hydrogen) atoms. The molecule has 0 saturated carbocycles. The minimum atomic E-state index is -4.14. The smallest absolute Gasteiger partial charge is 0.429 e. The summed E-state index contributed by atoms with van der Waals surface area (Å²) in [6.45, 7) is 1.79. The van der Waals surface area contributed by atoms with Gasteiger partial charge in [-0.15, -0.1) is 0 Å². The molecule has 6 heteroatoms. The van der Waals surface area contributed by atoms with Crippen LogP contribution < -0.4 is 4.74 Å². The molecule has 0 bridgehead atoms. The van der Waals surface area contributed by atoms with E-state index >= 15 is 0 Å². The van der Waals surface area contributed by atoms with Gasteiger partial charge in [0.1, 0.15) is 22.9 Å². The maximum Gasteiger partial charge on any atom is 0.432 e. The van der Waals surface area contributed by atoms with Gasteiger partial charge >= 0.3 is 6.11 Å². The summed E-state index contributed by atoms with van der Waals surface area (Å²) in [4.78, 5) is 0. The van der Waals surface area contributed by atoms with E-state index in [-0.39, 0.29) is 11.3 Å². The SMILES string of the molecule is Cc1ccc(OC(F)(F)c2c(F)cc(-c3ccc(C[SiH3])cc3)cc2F)cc1. The number of hydrogen-bond donors (Lipinski definition) is 0. The predicted octanol–water partition coefficient (Wildman–Crippen LogP) is 4.93. The molecule has 3 aromatic carbocycles. The minimum absolute atomic E-state index is 0.174. The molecule has 3 rings (SSSR count). The molecule has 0 heterocycles. The van der Waals surface area contributed by atoms with Crippen molar-refractivity contribution in [3.05, 3.63) is 89.0 Å². The Bertz CT molecular complexity index is 914. The normalized spacial score (nSPS) is 11.6. The first-order valence-corrected chi connectivity index (χ1v) is 9.94. The first-order chi connectivity index (χ1) is 12.8. The average Bonchev–Trinajstić information content (AvgIpc) is 2.62. The fraction of sp³-hybridized carbons (Fsp3) is 0.143. The third kappa shape index (κ3) is 4.22. The summed E-state index contributed by atoms with van der Waals surface area (Å²) in [6, 6.07) is 15.7. The Hall–Kier alpha value is -2.60. The highest BCUT2D eigenvalue weighted by atomic mass is 28.1. The van der Waals surface area contributed by atoms with Crippen LogP contribution in [0.4, 0.5) is 17.6 Å². The summed E-state index contributed by atoms with van der Waals surface area (Å²) in [5.74, 6) is -2.88. The Morgan fingerprint density at radius 2 is 1.41 bits per heavy atom. The highest BCUT2D eigenvalue weighted by Crippen LogP contribution is 2.37. The topological polar surface area (TPSA) is 9.23 Å². The standard InChI is InChI=1S/C21H18F4OSi/c1-13-2-8-17(9-3-13)26-21(24,25)20-18(22)10-16(11-19(20)23)15-6-4-14(12-27)5-7-15/h2-11H,12H2,1,27H3. The molecular weight excluding hydrogens is 372 g/mol. The van der Waals surface area contributed by atoms with Gasteiger partial charge in [-0.2, -0.15) is 8.78 Å². The Labute approximate surface area is 158 Å². The molecule has 0 aromatic heterocycles. The summed E-state index contributed by atoms with van der Waals surface area (Å²) in [7, 11) is 1.01. The fourth-order valence-electron chi connectivity index (χ4n) is 2.76. The van der Waals surface area contributed by atoms with Crippen LogP contribution in [0.3, 0.4) is 0 Å². The van der Waals surface area contributed by atoms with Gasteiger partial charge in [-0.25, -0.2) is 8.78 Å². The zero-order chi connectivity index (χ0) is 19.6. The van der Waals surface area contributed by atoms with Crippen molar-refractivity contribution in [3.63, 3.8) is 0 Å². The molecule has 3 aromatic rings. The molecule has 0 fully saturated rings. The van der Waals surface area contributed by atoms with Crippen molar-refractivity contribution in [2.75, 3.05) is 0 Å². The predicted molar refractivity (Wildman–Crippen MR) is 101 cm³/mol. The van der Waals surface area contributed by atoms with Gasteiger partial charge in [0.2, 0.25) is 0 Å². The molecule has 0 saturated heterocycles. The quantitative estimate of drug-likeness (QED) is 0.443. The Morgan fingerprint density at radius 1 is 0.852 bits per heavy atom. The van der Waals surface area contributed by atoms with Gasteiger partial charge in [0.25, 0.3) is 0 Å². The second kappa shape index (κ2) is 7.56. The van der Waals surface area contributed by atoms with Crippen LogP contribution in [0, 0.1) is 18.6 Å². The lowest BCUT2D eigenvalue weighted by molar-refractivity contribution is -0.189. The van der Waals surface area contributed by atoms with Crippen molar-refractivity contribution in [1.29, 1.82) is 0 Å². The van der Waals surface area contributed by atoms with Crippen LogP contribution in [0.15, 0.2) is 60.7 Å². The van der Waals surface area contributed by atoms with Crippen LogP contribution in [0.5, 0.6) is 5.75 Å². The number of rotatable bonds is 5. The molecule has 1 nitrogen and oxygen atoms in total. The number of ether oxygens (including phenoxy) is 1. The van der Waals surface area contributed by atoms with E-state index in [9.17, 15) is 17.6 Å². The highest BCUT2D eigenvalue weighted by molar-refractivity contribution is 6.08. The lowest BCUT2D eigenvalue weighted by atomic mass is 10.0. The zero-order valence-electron chi connectivity index (χ0n) is 14.9. The molecule has 0 unspecified atom stereocenters. The molecule has 0 radical (unpaired) electrons. The van der Waals surface area contributed by atoms with E-state index in [0.29, 0.717) is 5.56 Å². The maximum absolute atomic E-state index is 14.4. The van der Waals surface area contributed by atoms with Crippen LogP contribution in [0.2, 0.25) is 0 Å². The molecule has 0 N–H and O–H groups in total. The molecule has 0 aliphatic rings. The molecule has 0 aliphatic carbocycles. The number of alkyl halides is 2. The lowest BCUT2D eigenvalue weighted by Gasteiger charge is -2.20. The summed E-state index contributed by atoms with van der Waals surface area (Å²) in [6.07, 6.45) is -4.14. The van der Waals surface area contributed by atoms with Gasteiger partial charge in [-0.05, 0) is 48.4 Å². The van der Waals surface area contributed by atoms with Gasteiger partial charge in [0.15, 0.2) is 0 Å². The summed E-state index contributed by atoms with van der Waals surface area (Å²) >= 11 is 0. The first-order valence-electron chi connectivity index (χ1n) is 8.52. The summed E-state index contributed by atoms with van der Waals surface area (Å²) in [5.41, 5.74) is 1.33. The third-order valence-electron chi connectivity index (χ3n) is 4.30. The number of hydrogen-bond acceptors (Lipinski definition) is 1. The van der Waals surface area contributed by atoms with Crippen molar-refractivity contribution in [2.24, 2.45) is 0 Å². The van der Waals surface area contributed by atoms with Gasteiger partial charge in [0, 0.05) is 10.2 Å². The van der Waals surface area contributed by atoms with Crippen molar-refractivity contribution in [1.82, 2.24) is 0 Å².